The van der Waals surface area contributed by atoms with Crippen molar-refractivity contribution in [3.63, 3.8) is 0 Å². The van der Waals surface area contributed by atoms with Crippen molar-refractivity contribution >= 4 is 24.0 Å². The zero-order chi connectivity index (χ0) is 32.2. The third kappa shape index (κ3) is 9.74. The smallest absolute Gasteiger partial charge is 0.407 e. The van der Waals surface area contributed by atoms with Crippen LogP contribution >= 0.6 is 0 Å². The molecule has 1 aromatic carbocycles. The molecule has 0 aromatic heterocycles. The highest BCUT2D eigenvalue weighted by Crippen LogP contribution is 2.35. The van der Waals surface area contributed by atoms with Crippen molar-refractivity contribution in [1.82, 2.24) is 5.32 Å². The Kier molecular flexibility index (Phi) is 12.6. The number of hydrogen-bond donors (Lipinski definition) is 1. The maximum absolute atomic E-state index is 12.5. The van der Waals surface area contributed by atoms with E-state index < -0.39 is 78.9 Å². The summed E-state index contributed by atoms with van der Waals surface area (Å²) in [6, 6.07) is 6.38. The molecule has 17 nitrogen and oxygen atoms in total. The highest BCUT2D eigenvalue weighted by atomic mass is 16.7. The maximum Gasteiger partial charge on any atom is 0.407 e. The van der Waals surface area contributed by atoms with E-state index in [4.69, 9.17) is 34.0 Å². The molecule has 0 bridgehead atoms. The highest BCUT2D eigenvalue weighted by Gasteiger charge is 2.51. The van der Waals surface area contributed by atoms with Gasteiger partial charge in [-0.1, -0.05) is 40.6 Å². The first-order valence-electron chi connectivity index (χ1n) is 13.9. The van der Waals surface area contributed by atoms with Gasteiger partial charge in [0, 0.05) is 30.6 Å². The van der Waals surface area contributed by atoms with Gasteiger partial charge in [0.25, 0.3) is 0 Å². The van der Waals surface area contributed by atoms with Crippen molar-refractivity contribution < 1.29 is 47.6 Å². The Balaban J connectivity index is 1.84. The fourth-order valence-electron chi connectivity index (χ4n) is 5.14. The third-order valence-corrected chi connectivity index (χ3v) is 6.97. The number of rotatable bonds is 11. The van der Waals surface area contributed by atoms with E-state index in [1.807, 2.05) is 30.3 Å². The van der Waals surface area contributed by atoms with Crippen molar-refractivity contribution in [3.05, 3.63) is 56.8 Å². The van der Waals surface area contributed by atoms with Gasteiger partial charge in [0.05, 0.1) is 24.2 Å². The number of nitrogens with zero attached hydrogens (tertiary/aromatic N) is 6. The van der Waals surface area contributed by atoms with E-state index >= 15 is 0 Å². The first-order chi connectivity index (χ1) is 21.0. The summed E-state index contributed by atoms with van der Waals surface area (Å²) < 4.78 is 34.0. The summed E-state index contributed by atoms with van der Waals surface area (Å²) in [5.74, 6) is -2.15. The van der Waals surface area contributed by atoms with Gasteiger partial charge in [-0.05, 0) is 42.8 Å². The van der Waals surface area contributed by atoms with Gasteiger partial charge in [-0.2, -0.15) is 0 Å². The molecule has 44 heavy (non-hydrogen) atoms. The van der Waals surface area contributed by atoms with Crippen molar-refractivity contribution in [3.8, 4) is 0 Å². The summed E-state index contributed by atoms with van der Waals surface area (Å²) in [6.07, 6.45) is -7.07. The van der Waals surface area contributed by atoms with E-state index in [0.717, 1.165) is 19.4 Å². The molecule has 1 amide bonds. The summed E-state index contributed by atoms with van der Waals surface area (Å²) in [5.41, 5.74) is 19.2. The number of nitrogens with one attached hydrogen (secondary N) is 1. The molecule has 9 atom stereocenters. The molecule has 0 radical (unpaired) electrons. The SMILES string of the molecule is CC(=O)O[C@H]1[C@H](O[C@H]2O[C@H]([C@@H](C)NC(=O)OCc3ccccc3)CC[C@H]2OC(C)=O)C(N=[N+]=[N-])CC(N=[N+]=[N-])[C@@H]1OC(C)=O. The van der Waals surface area contributed by atoms with Gasteiger partial charge >= 0.3 is 24.0 Å². The lowest BCUT2D eigenvalue weighted by molar-refractivity contribution is -0.287. The minimum atomic E-state index is -1.40. The Labute approximate surface area is 252 Å². The van der Waals surface area contributed by atoms with Crippen LogP contribution < -0.4 is 5.32 Å². The fraction of sp³-hybridized carbons (Fsp3) is 0.630. The van der Waals surface area contributed by atoms with Crippen molar-refractivity contribution in [1.29, 1.82) is 0 Å². The Morgan fingerprint density at radius 1 is 0.909 bits per heavy atom. The van der Waals surface area contributed by atoms with Crippen LogP contribution in [0.5, 0.6) is 0 Å². The second-order valence-electron chi connectivity index (χ2n) is 10.3. The molecule has 1 saturated carbocycles. The van der Waals surface area contributed by atoms with Crippen LogP contribution in [-0.2, 0) is 49.4 Å². The quantitative estimate of drug-likeness (QED) is 0.124. The standard InChI is InChI=1S/C27H35N7O10/c1-14(30-27(38)39-13-18-8-6-5-7-9-18)21-10-11-22(40-15(2)35)26(43-21)44-24-20(32-34-29)12-19(31-33-28)23(41-16(3)36)25(24)42-17(4)37/h5-9,14,19-26H,10-13H2,1-4H3,(H,30,38)/t14-,19?,20?,21+,22-,23+,24-,25-,26-/m1/s1. The van der Waals surface area contributed by atoms with E-state index in [1.165, 1.54) is 6.92 Å². The van der Waals surface area contributed by atoms with E-state index in [2.05, 4.69) is 25.4 Å². The molecule has 238 valence electrons. The van der Waals surface area contributed by atoms with Crippen molar-refractivity contribution in [2.45, 2.75) is 108 Å². The number of carbonyl (C=O) groups is 4. The lowest BCUT2D eigenvalue weighted by Crippen LogP contribution is -2.61. The maximum atomic E-state index is 12.5. The average molecular weight is 618 g/mol. The number of esters is 3. The predicted molar refractivity (Wildman–Crippen MR) is 149 cm³/mol. The number of hydrogen-bond acceptors (Lipinski definition) is 12. The molecule has 1 aliphatic heterocycles. The van der Waals surface area contributed by atoms with Crippen LogP contribution in [0.25, 0.3) is 20.9 Å². The topological polar surface area (TPSA) is 233 Å². The van der Waals surface area contributed by atoms with Gasteiger partial charge in [-0.3, -0.25) is 14.4 Å². The molecule has 2 fully saturated rings. The summed E-state index contributed by atoms with van der Waals surface area (Å²) in [5, 5.41) is 10.1. The lowest BCUT2D eigenvalue weighted by Gasteiger charge is -2.45. The molecule has 1 N–H and O–H groups in total. The van der Waals surface area contributed by atoms with E-state index in [9.17, 15) is 24.7 Å². The summed E-state index contributed by atoms with van der Waals surface area (Å²) >= 11 is 0. The van der Waals surface area contributed by atoms with Gasteiger partial charge in [0.2, 0.25) is 0 Å². The molecule has 2 aliphatic rings. The monoisotopic (exact) mass is 617 g/mol. The Morgan fingerprint density at radius 3 is 2.09 bits per heavy atom. The van der Waals surface area contributed by atoms with Crippen LogP contribution in [0.15, 0.2) is 40.6 Å². The first kappa shape index (κ1) is 33.9. The minimum absolute atomic E-state index is 0.0610. The number of amides is 1. The van der Waals surface area contributed by atoms with Gasteiger partial charge in [0.15, 0.2) is 18.5 Å². The van der Waals surface area contributed by atoms with Crippen LogP contribution in [0.3, 0.4) is 0 Å². The Bertz CT molecular complexity index is 1270. The second kappa shape index (κ2) is 16.3. The number of alkyl carbamates (subject to hydrolysis) is 1. The molecule has 1 aromatic rings. The molecule has 17 heteroatoms. The normalized spacial score (nSPS) is 28.5. The predicted octanol–water partition coefficient (Wildman–Crippen LogP) is 3.75. The molecule has 3 rings (SSSR count). The molecule has 0 spiro atoms. The zero-order valence-electron chi connectivity index (χ0n) is 24.7. The van der Waals surface area contributed by atoms with Crippen molar-refractivity contribution in [2.75, 3.05) is 0 Å². The number of carbonyl (C=O) groups excluding carboxylic acids is 4. The van der Waals surface area contributed by atoms with Crippen LogP contribution in [0.2, 0.25) is 0 Å². The van der Waals surface area contributed by atoms with Crippen LogP contribution in [0, 0.1) is 0 Å². The molecule has 2 unspecified atom stereocenters. The van der Waals surface area contributed by atoms with E-state index in [1.54, 1.807) is 6.92 Å². The van der Waals surface area contributed by atoms with Crippen molar-refractivity contribution in [2.24, 2.45) is 10.2 Å². The summed E-state index contributed by atoms with van der Waals surface area (Å²) in [7, 11) is 0. The van der Waals surface area contributed by atoms with Gasteiger partial charge in [-0.15, -0.1) is 0 Å². The van der Waals surface area contributed by atoms with Crippen LogP contribution in [0.4, 0.5) is 4.79 Å². The second-order valence-corrected chi connectivity index (χ2v) is 10.3. The fourth-order valence-corrected chi connectivity index (χ4v) is 5.14. The number of ether oxygens (including phenoxy) is 6. The van der Waals surface area contributed by atoms with E-state index in [-0.39, 0.29) is 19.4 Å². The third-order valence-electron chi connectivity index (χ3n) is 6.97. The largest absolute Gasteiger partial charge is 0.458 e. The lowest BCUT2D eigenvalue weighted by atomic mass is 9.84. The Hall–Kier alpha value is -4.56. The molecule has 1 aliphatic carbocycles. The Morgan fingerprint density at radius 2 is 1.50 bits per heavy atom. The zero-order valence-corrected chi connectivity index (χ0v) is 24.7. The van der Waals surface area contributed by atoms with Gasteiger partial charge < -0.3 is 33.7 Å². The van der Waals surface area contributed by atoms with Crippen LogP contribution in [-0.4, -0.2) is 78.9 Å². The molecular weight excluding hydrogens is 582 g/mol. The first-order valence-corrected chi connectivity index (χ1v) is 13.9. The summed E-state index contributed by atoms with van der Waals surface area (Å²) in [4.78, 5) is 54.1. The molecule has 1 saturated heterocycles. The van der Waals surface area contributed by atoms with Gasteiger partial charge in [0.1, 0.15) is 18.8 Å². The number of benzene rings is 1. The molecule has 1 heterocycles. The number of azide groups is 2. The van der Waals surface area contributed by atoms with Crippen LogP contribution in [0.1, 0.15) is 52.5 Å². The average Bonchev–Trinajstić information content (AvgIpc) is 2.96. The molecular formula is C27H35N7O10. The summed E-state index contributed by atoms with van der Waals surface area (Å²) in [6.45, 7) is 5.21. The van der Waals surface area contributed by atoms with E-state index in [0.29, 0.717) is 6.42 Å². The highest BCUT2D eigenvalue weighted by molar-refractivity contribution is 5.68. The van der Waals surface area contributed by atoms with Gasteiger partial charge in [-0.25, -0.2) is 4.79 Å². The minimum Gasteiger partial charge on any atom is -0.458 e.